The number of hydrogen-bond acceptors (Lipinski definition) is 5. The van der Waals surface area contributed by atoms with Gasteiger partial charge < -0.3 is 0 Å². The zero-order valence-electron chi connectivity index (χ0n) is 12.8. The van der Waals surface area contributed by atoms with Gasteiger partial charge in [0.2, 0.25) is 0 Å². The Hall–Kier alpha value is -1.99. The maximum atomic E-state index is 12.3. The molecule has 7 heteroatoms. The highest BCUT2D eigenvalue weighted by Crippen LogP contribution is 2.43. The first kappa shape index (κ1) is 13.4. The van der Waals surface area contributed by atoms with Crippen LogP contribution in [0, 0.1) is 6.92 Å². The number of aryl methyl sites for hydroxylation is 1. The van der Waals surface area contributed by atoms with E-state index in [1.807, 2.05) is 19.3 Å². The molecule has 1 N–H and O–H groups in total. The highest BCUT2D eigenvalue weighted by atomic mass is 32.1. The van der Waals surface area contributed by atoms with Crippen molar-refractivity contribution in [3.63, 3.8) is 0 Å². The Labute approximate surface area is 136 Å². The third kappa shape index (κ3) is 2.00. The summed E-state index contributed by atoms with van der Waals surface area (Å²) in [6.45, 7) is 2.74. The number of fused-ring (bicyclic) bond motifs is 5. The molecule has 0 spiro atoms. The van der Waals surface area contributed by atoms with Crippen LogP contribution < -0.4 is 5.56 Å². The molecule has 3 aromatic heterocycles. The molecule has 2 aliphatic rings. The van der Waals surface area contributed by atoms with Gasteiger partial charge in [-0.1, -0.05) is 0 Å². The summed E-state index contributed by atoms with van der Waals surface area (Å²) < 4.78 is 1.64. The number of H-pyrrole nitrogens is 1. The fraction of sp³-hybridized carbons (Fsp3) is 0.438. The summed E-state index contributed by atoms with van der Waals surface area (Å²) in [7, 11) is 0. The predicted octanol–water partition coefficient (Wildman–Crippen LogP) is 2.05. The quantitative estimate of drug-likeness (QED) is 0.782. The first-order valence-corrected chi connectivity index (χ1v) is 8.77. The van der Waals surface area contributed by atoms with Crippen LogP contribution in [-0.4, -0.2) is 30.5 Å². The van der Waals surface area contributed by atoms with Crippen LogP contribution in [0.1, 0.15) is 40.7 Å². The highest BCUT2D eigenvalue weighted by Gasteiger charge is 2.40. The predicted molar refractivity (Wildman–Crippen MR) is 87.7 cm³/mol. The molecule has 5 rings (SSSR count). The van der Waals surface area contributed by atoms with Gasteiger partial charge >= 0.3 is 0 Å². The van der Waals surface area contributed by atoms with Crippen LogP contribution in [-0.2, 0) is 13.0 Å². The second-order valence-electron chi connectivity index (χ2n) is 6.51. The van der Waals surface area contributed by atoms with Gasteiger partial charge in [-0.05, 0) is 19.8 Å². The summed E-state index contributed by atoms with van der Waals surface area (Å²) in [4.78, 5) is 21.4. The Balaban J connectivity index is 1.52. The molecular formula is C16H17N5OS. The van der Waals surface area contributed by atoms with E-state index in [9.17, 15) is 4.79 Å². The Kier molecular flexibility index (Phi) is 2.78. The van der Waals surface area contributed by atoms with Crippen LogP contribution in [0.3, 0.4) is 0 Å². The second kappa shape index (κ2) is 4.75. The van der Waals surface area contributed by atoms with Gasteiger partial charge in [0.05, 0.1) is 11.9 Å². The van der Waals surface area contributed by atoms with E-state index in [1.165, 1.54) is 17.7 Å². The molecule has 1 fully saturated rings. The molecule has 0 aliphatic carbocycles. The molecule has 6 nitrogen and oxygen atoms in total. The molecule has 2 aliphatic heterocycles. The number of nitrogens with zero attached hydrogens (tertiary/aromatic N) is 4. The molecule has 0 aromatic carbocycles. The molecule has 5 heterocycles. The van der Waals surface area contributed by atoms with E-state index in [1.54, 1.807) is 21.8 Å². The molecule has 0 radical (unpaired) electrons. The van der Waals surface area contributed by atoms with Crippen molar-refractivity contribution >= 4 is 16.3 Å². The average molecular weight is 327 g/mol. The summed E-state index contributed by atoms with van der Waals surface area (Å²) in [5.74, 6) is 0. The third-order valence-electron chi connectivity index (χ3n) is 5.07. The largest absolute Gasteiger partial charge is 0.287 e. The Bertz CT molecular complexity index is 955. The lowest BCUT2D eigenvalue weighted by Crippen LogP contribution is -2.37. The van der Waals surface area contributed by atoms with E-state index in [0.29, 0.717) is 12.1 Å². The van der Waals surface area contributed by atoms with Crippen molar-refractivity contribution < 1.29 is 0 Å². The molecular weight excluding hydrogens is 310 g/mol. The third-order valence-corrected chi connectivity index (χ3v) is 5.97. The topological polar surface area (TPSA) is 66.3 Å². The fourth-order valence-corrected chi connectivity index (χ4v) is 4.91. The summed E-state index contributed by atoms with van der Waals surface area (Å²) in [5.41, 5.74) is 3.50. The molecule has 1 saturated heterocycles. The summed E-state index contributed by atoms with van der Waals surface area (Å²) >= 11 is 1.57. The maximum Gasteiger partial charge on any atom is 0.258 e. The minimum absolute atomic E-state index is 0.0164. The van der Waals surface area contributed by atoms with Gasteiger partial charge in [0.15, 0.2) is 4.96 Å². The Morgan fingerprint density at radius 3 is 3.26 bits per heavy atom. The van der Waals surface area contributed by atoms with E-state index in [4.69, 9.17) is 4.98 Å². The number of aromatic amines is 1. The SMILES string of the molecule is Cc1cn2c(=O)cc(CN3C4CCC3c3cn[nH]c3C4)nc2s1. The van der Waals surface area contributed by atoms with Crippen molar-refractivity contribution in [2.24, 2.45) is 0 Å². The van der Waals surface area contributed by atoms with Gasteiger partial charge in [-0.15, -0.1) is 11.3 Å². The minimum Gasteiger partial charge on any atom is -0.287 e. The van der Waals surface area contributed by atoms with Crippen LogP contribution in [0.2, 0.25) is 0 Å². The van der Waals surface area contributed by atoms with Gasteiger partial charge in [0.25, 0.3) is 5.56 Å². The van der Waals surface area contributed by atoms with E-state index in [0.717, 1.165) is 34.9 Å². The first-order chi connectivity index (χ1) is 11.2. The molecule has 3 aromatic rings. The monoisotopic (exact) mass is 327 g/mol. The van der Waals surface area contributed by atoms with Crippen LogP contribution in [0.25, 0.3) is 4.96 Å². The second-order valence-corrected chi connectivity index (χ2v) is 7.72. The van der Waals surface area contributed by atoms with Crippen LogP contribution in [0.15, 0.2) is 23.3 Å². The van der Waals surface area contributed by atoms with Crippen molar-refractivity contribution in [2.45, 2.75) is 44.8 Å². The zero-order valence-corrected chi connectivity index (χ0v) is 13.6. The van der Waals surface area contributed by atoms with Gasteiger partial charge in [-0.3, -0.25) is 19.2 Å². The van der Waals surface area contributed by atoms with E-state index in [2.05, 4.69) is 15.1 Å². The minimum atomic E-state index is 0.0164. The van der Waals surface area contributed by atoms with Crippen molar-refractivity contribution in [3.05, 3.63) is 50.6 Å². The summed E-state index contributed by atoms with van der Waals surface area (Å²) in [5, 5.41) is 7.34. The number of aromatic nitrogens is 4. The van der Waals surface area contributed by atoms with Crippen molar-refractivity contribution in [2.75, 3.05) is 0 Å². The Morgan fingerprint density at radius 2 is 2.35 bits per heavy atom. The molecule has 118 valence electrons. The number of hydrogen-bond donors (Lipinski definition) is 1. The molecule has 23 heavy (non-hydrogen) atoms. The lowest BCUT2D eigenvalue weighted by atomic mass is 10.00. The average Bonchev–Trinajstić information content (AvgIpc) is 3.18. The van der Waals surface area contributed by atoms with Crippen molar-refractivity contribution in [1.29, 1.82) is 0 Å². The van der Waals surface area contributed by atoms with Gasteiger partial charge in [0.1, 0.15) is 0 Å². The number of nitrogens with one attached hydrogen (secondary N) is 1. The molecule has 0 saturated carbocycles. The molecule has 2 atom stereocenters. The van der Waals surface area contributed by atoms with Gasteiger partial charge in [-0.2, -0.15) is 5.10 Å². The lowest BCUT2D eigenvalue weighted by molar-refractivity contribution is 0.165. The molecule has 2 bridgehead atoms. The lowest BCUT2D eigenvalue weighted by Gasteiger charge is -2.33. The fourth-order valence-electron chi connectivity index (χ4n) is 4.06. The van der Waals surface area contributed by atoms with E-state index in [-0.39, 0.29) is 5.56 Å². The first-order valence-electron chi connectivity index (χ1n) is 7.95. The number of rotatable bonds is 2. The number of thiazole rings is 1. The van der Waals surface area contributed by atoms with Gasteiger partial charge in [0, 0.05) is 53.4 Å². The van der Waals surface area contributed by atoms with Crippen molar-refractivity contribution in [1.82, 2.24) is 24.5 Å². The Morgan fingerprint density at radius 1 is 1.43 bits per heavy atom. The smallest absolute Gasteiger partial charge is 0.258 e. The van der Waals surface area contributed by atoms with Gasteiger partial charge in [-0.25, -0.2) is 4.98 Å². The zero-order chi connectivity index (χ0) is 15.6. The standard InChI is InChI=1S/C16H17N5OS/c1-9-7-21-15(22)4-10(18-16(21)23-9)8-20-11-2-3-14(20)12-6-17-19-13(12)5-11/h4,6-7,11,14H,2-3,5,8H2,1H3,(H,17,19). The maximum absolute atomic E-state index is 12.3. The normalized spacial score (nSPS) is 23.5. The van der Waals surface area contributed by atoms with Crippen molar-refractivity contribution in [3.8, 4) is 0 Å². The molecule has 2 unspecified atom stereocenters. The van der Waals surface area contributed by atoms with Crippen LogP contribution in [0.5, 0.6) is 0 Å². The van der Waals surface area contributed by atoms with E-state index >= 15 is 0 Å². The highest BCUT2D eigenvalue weighted by molar-refractivity contribution is 7.16. The summed E-state index contributed by atoms with van der Waals surface area (Å²) in [6, 6.07) is 2.62. The summed E-state index contributed by atoms with van der Waals surface area (Å²) in [6.07, 6.45) is 7.21. The van der Waals surface area contributed by atoms with E-state index < -0.39 is 0 Å². The van der Waals surface area contributed by atoms with Crippen LogP contribution in [0.4, 0.5) is 0 Å². The van der Waals surface area contributed by atoms with Crippen LogP contribution >= 0.6 is 11.3 Å². The molecule has 0 amide bonds.